The molecule has 9 heteroatoms. The van der Waals surface area contributed by atoms with Gasteiger partial charge in [0.05, 0.1) is 0 Å². The summed E-state index contributed by atoms with van der Waals surface area (Å²) in [5, 5.41) is 18.4. The summed E-state index contributed by atoms with van der Waals surface area (Å²) >= 11 is 0. The summed E-state index contributed by atoms with van der Waals surface area (Å²) in [7, 11) is 0. The highest BCUT2D eigenvalue weighted by molar-refractivity contribution is 5.49. The van der Waals surface area contributed by atoms with Gasteiger partial charge in [0.2, 0.25) is 5.65 Å². The Hall–Kier alpha value is -3.23. The van der Waals surface area contributed by atoms with Crippen molar-refractivity contribution in [2.75, 3.05) is 23.3 Å². The average Bonchev–Trinajstić information content (AvgIpc) is 3.29. The first-order valence-corrected chi connectivity index (χ1v) is 8.14. The zero-order valence-corrected chi connectivity index (χ0v) is 13.5. The van der Waals surface area contributed by atoms with Crippen molar-refractivity contribution < 1.29 is 4.92 Å². The molecule has 1 saturated heterocycles. The van der Waals surface area contributed by atoms with Gasteiger partial charge in [0, 0.05) is 31.9 Å². The zero-order chi connectivity index (χ0) is 17.2. The molecule has 0 radical (unpaired) electrons. The first kappa shape index (κ1) is 15.3. The molecule has 0 amide bonds. The van der Waals surface area contributed by atoms with E-state index in [0.717, 1.165) is 24.5 Å². The molecule has 0 saturated carbocycles. The Bertz CT molecular complexity index is 918. The first-order valence-electron chi connectivity index (χ1n) is 8.14. The van der Waals surface area contributed by atoms with Gasteiger partial charge in [-0.05, 0) is 41.5 Å². The van der Waals surface area contributed by atoms with Crippen molar-refractivity contribution in [1.29, 1.82) is 0 Å². The second kappa shape index (κ2) is 6.34. The lowest BCUT2D eigenvalue weighted by Crippen LogP contribution is -2.19. The number of nitro groups is 1. The minimum absolute atomic E-state index is 0.154. The molecule has 0 spiro atoms. The summed E-state index contributed by atoms with van der Waals surface area (Å²) in [4.78, 5) is 21.2. The molecule has 25 heavy (non-hydrogen) atoms. The summed E-state index contributed by atoms with van der Waals surface area (Å²) in [6.07, 6.45) is 5.43. The van der Waals surface area contributed by atoms with Gasteiger partial charge in [-0.25, -0.2) is 9.97 Å². The fourth-order valence-corrected chi connectivity index (χ4v) is 2.96. The number of imidazole rings is 1. The predicted molar refractivity (Wildman–Crippen MR) is 92.7 cm³/mol. The van der Waals surface area contributed by atoms with E-state index in [-0.39, 0.29) is 5.82 Å². The molecule has 3 aromatic heterocycles. The topological polar surface area (TPSA) is 101 Å². The third-order valence-electron chi connectivity index (χ3n) is 4.24. The van der Waals surface area contributed by atoms with Gasteiger partial charge >= 0.3 is 5.82 Å². The number of hydrogen-bond donors (Lipinski definition) is 1. The molecule has 0 aromatic carbocycles. The molecule has 1 aliphatic rings. The molecule has 9 nitrogen and oxygen atoms in total. The Kier molecular flexibility index (Phi) is 3.88. The van der Waals surface area contributed by atoms with Gasteiger partial charge in [-0.1, -0.05) is 9.61 Å². The quantitative estimate of drug-likeness (QED) is 0.562. The maximum atomic E-state index is 11.0. The van der Waals surface area contributed by atoms with E-state index in [9.17, 15) is 10.1 Å². The fraction of sp³-hybridized carbons (Fsp3) is 0.312. The molecule has 1 N–H and O–H groups in total. The van der Waals surface area contributed by atoms with Crippen LogP contribution in [0.15, 0.2) is 36.7 Å². The van der Waals surface area contributed by atoms with Gasteiger partial charge in [-0.15, -0.1) is 0 Å². The average molecular weight is 339 g/mol. The molecule has 3 aromatic rings. The first-order chi connectivity index (χ1) is 12.2. The van der Waals surface area contributed by atoms with Crippen molar-refractivity contribution >= 4 is 23.1 Å². The Morgan fingerprint density at radius 1 is 1.20 bits per heavy atom. The van der Waals surface area contributed by atoms with Crippen molar-refractivity contribution in [2.45, 2.75) is 19.4 Å². The van der Waals surface area contributed by atoms with Gasteiger partial charge in [0.25, 0.3) is 0 Å². The number of nitrogens with one attached hydrogen (secondary N) is 1. The van der Waals surface area contributed by atoms with E-state index in [1.54, 1.807) is 12.1 Å². The number of pyridine rings is 1. The lowest BCUT2D eigenvalue weighted by Gasteiger charge is -2.17. The number of anilines is 2. The molecule has 1 fully saturated rings. The van der Waals surface area contributed by atoms with Crippen LogP contribution in [0.25, 0.3) is 5.65 Å². The van der Waals surface area contributed by atoms with Crippen molar-refractivity contribution in [3.05, 3.63) is 52.3 Å². The van der Waals surface area contributed by atoms with Crippen molar-refractivity contribution in [1.82, 2.24) is 19.6 Å². The minimum atomic E-state index is -0.498. The van der Waals surface area contributed by atoms with Gasteiger partial charge in [0.1, 0.15) is 12.0 Å². The van der Waals surface area contributed by atoms with Crippen LogP contribution >= 0.6 is 0 Å². The van der Waals surface area contributed by atoms with Crippen LogP contribution in [0.5, 0.6) is 0 Å². The van der Waals surface area contributed by atoms with E-state index in [4.69, 9.17) is 0 Å². The standard InChI is InChI=1S/C16H17N7O2/c24-23(25)16-11-19-14-4-3-13(20-22(14)16)18-10-12-5-6-17-15(9-12)21-7-1-2-8-21/h3-6,9,11H,1-2,7-8,10H2,(H,18,20). The van der Waals surface area contributed by atoms with Crippen LogP contribution in [0.1, 0.15) is 18.4 Å². The van der Waals surface area contributed by atoms with Gasteiger partial charge in [-0.3, -0.25) is 0 Å². The second-order valence-electron chi connectivity index (χ2n) is 5.93. The summed E-state index contributed by atoms with van der Waals surface area (Å²) in [6, 6.07) is 7.47. The van der Waals surface area contributed by atoms with Gasteiger partial charge in [-0.2, -0.15) is 0 Å². The van der Waals surface area contributed by atoms with E-state index < -0.39 is 4.92 Å². The second-order valence-corrected chi connectivity index (χ2v) is 5.93. The number of nitrogens with zero attached hydrogens (tertiary/aromatic N) is 6. The molecule has 0 atom stereocenters. The van der Waals surface area contributed by atoms with E-state index in [1.807, 2.05) is 12.3 Å². The third kappa shape index (κ3) is 3.08. The smallest absolute Gasteiger partial charge is 0.363 e. The van der Waals surface area contributed by atoms with Gasteiger partial charge in [0.15, 0.2) is 5.82 Å². The van der Waals surface area contributed by atoms with Crippen LogP contribution in [-0.2, 0) is 6.54 Å². The molecule has 0 unspecified atom stereocenters. The molecule has 0 aliphatic carbocycles. The Balaban J connectivity index is 1.51. The van der Waals surface area contributed by atoms with E-state index in [2.05, 4.69) is 31.3 Å². The van der Waals surface area contributed by atoms with Crippen LogP contribution in [0, 0.1) is 10.1 Å². The molecule has 0 bridgehead atoms. The fourth-order valence-electron chi connectivity index (χ4n) is 2.96. The SMILES string of the molecule is O=[N+]([O-])c1cnc2ccc(NCc3ccnc(N4CCCC4)c3)nn12. The van der Waals surface area contributed by atoms with E-state index in [0.29, 0.717) is 18.0 Å². The summed E-state index contributed by atoms with van der Waals surface area (Å²) in [6.45, 7) is 2.66. The molecular weight excluding hydrogens is 322 g/mol. The number of aromatic nitrogens is 4. The monoisotopic (exact) mass is 339 g/mol. The number of hydrogen-bond acceptors (Lipinski definition) is 7. The van der Waals surface area contributed by atoms with Gasteiger partial charge < -0.3 is 20.3 Å². The highest BCUT2D eigenvalue weighted by Crippen LogP contribution is 2.19. The van der Waals surface area contributed by atoms with Crippen LogP contribution in [0.2, 0.25) is 0 Å². The summed E-state index contributed by atoms with van der Waals surface area (Å²) in [5.41, 5.74) is 1.52. The van der Waals surface area contributed by atoms with Crippen LogP contribution in [0.4, 0.5) is 17.5 Å². The Morgan fingerprint density at radius 2 is 2.04 bits per heavy atom. The largest absolute Gasteiger partial charge is 0.368 e. The maximum Gasteiger partial charge on any atom is 0.368 e. The third-order valence-corrected chi connectivity index (χ3v) is 4.24. The predicted octanol–water partition coefficient (Wildman–Crippen LogP) is 2.24. The number of rotatable bonds is 5. The molecule has 1 aliphatic heterocycles. The Morgan fingerprint density at radius 3 is 2.84 bits per heavy atom. The van der Waals surface area contributed by atoms with Crippen molar-refractivity contribution in [3.8, 4) is 0 Å². The van der Waals surface area contributed by atoms with Crippen LogP contribution in [0.3, 0.4) is 0 Å². The highest BCUT2D eigenvalue weighted by atomic mass is 16.6. The summed E-state index contributed by atoms with van der Waals surface area (Å²) in [5.74, 6) is 1.39. The minimum Gasteiger partial charge on any atom is -0.363 e. The molecule has 4 heterocycles. The normalized spacial score (nSPS) is 14.2. The molecular formula is C16H17N7O2. The van der Waals surface area contributed by atoms with Crippen LogP contribution in [-0.4, -0.2) is 37.6 Å². The van der Waals surface area contributed by atoms with Crippen molar-refractivity contribution in [3.63, 3.8) is 0 Å². The maximum absolute atomic E-state index is 11.0. The van der Waals surface area contributed by atoms with E-state index in [1.165, 1.54) is 23.6 Å². The Labute approximate surface area is 143 Å². The zero-order valence-electron chi connectivity index (χ0n) is 13.5. The summed E-state index contributed by atoms with van der Waals surface area (Å²) < 4.78 is 1.23. The lowest BCUT2D eigenvalue weighted by molar-refractivity contribution is -0.391. The number of fused-ring (bicyclic) bond motifs is 1. The lowest BCUT2D eigenvalue weighted by atomic mass is 10.2. The van der Waals surface area contributed by atoms with Crippen molar-refractivity contribution in [2.24, 2.45) is 0 Å². The highest BCUT2D eigenvalue weighted by Gasteiger charge is 2.16. The van der Waals surface area contributed by atoms with Crippen LogP contribution < -0.4 is 10.2 Å². The molecule has 128 valence electrons. The van der Waals surface area contributed by atoms with E-state index >= 15 is 0 Å². The molecule has 4 rings (SSSR count).